The van der Waals surface area contributed by atoms with Gasteiger partial charge >= 0.3 is 0 Å². The third-order valence-electron chi connectivity index (χ3n) is 2.73. The van der Waals surface area contributed by atoms with Crippen molar-refractivity contribution in [2.75, 3.05) is 6.61 Å². The van der Waals surface area contributed by atoms with Crippen molar-refractivity contribution >= 4 is 0 Å². The Balaban J connectivity index is 3.66. The van der Waals surface area contributed by atoms with E-state index < -0.39 is 0 Å². The summed E-state index contributed by atoms with van der Waals surface area (Å²) < 4.78 is 0. The van der Waals surface area contributed by atoms with E-state index in [0.29, 0.717) is 5.92 Å². The first-order valence-electron chi connectivity index (χ1n) is 5.67. The molecule has 0 unspecified atom stereocenters. The van der Waals surface area contributed by atoms with Crippen LogP contribution in [0.1, 0.15) is 53.4 Å². The summed E-state index contributed by atoms with van der Waals surface area (Å²) in [5.41, 5.74) is -0.00869. The van der Waals surface area contributed by atoms with Crippen LogP contribution in [0, 0.1) is 11.3 Å². The minimum atomic E-state index is -0.216. The van der Waals surface area contributed by atoms with E-state index in [-0.39, 0.29) is 18.1 Å². The largest absolute Gasteiger partial charge is 0.396 e. The van der Waals surface area contributed by atoms with E-state index in [9.17, 15) is 5.11 Å². The molecule has 0 aliphatic carbocycles. The van der Waals surface area contributed by atoms with Crippen LogP contribution in [0.5, 0.6) is 0 Å². The molecule has 0 aliphatic heterocycles. The van der Waals surface area contributed by atoms with E-state index in [1.807, 2.05) is 0 Å². The van der Waals surface area contributed by atoms with Crippen molar-refractivity contribution < 1.29 is 10.2 Å². The SMILES string of the molecule is C[C@@H](CCCCO)C[C@H](O)C(C)(C)C. The van der Waals surface area contributed by atoms with Gasteiger partial charge in [0.15, 0.2) is 0 Å². The summed E-state index contributed by atoms with van der Waals surface area (Å²) in [5, 5.41) is 18.5. The average molecular weight is 202 g/mol. The van der Waals surface area contributed by atoms with Crippen LogP contribution < -0.4 is 0 Å². The van der Waals surface area contributed by atoms with Gasteiger partial charge in [-0.1, -0.05) is 40.5 Å². The maximum absolute atomic E-state index is 9.86. The van der Waals surface area contributed by atoms with Gasteiger partial charge in [-0.15, -0.1) is 0 Å². The van der Waals surface area contributed by atoms with Gasteiger partial charge in [-0.2, -0.15) is 0 Å². The summed E-state index contributed by atoms with van der Waals surface area (Å²) in [6, 6.07) is 0. The monoisotopic (exact) mass is 202 g/mol. The van der Waals surface area contributed by atoms with Gasteiger partial charge in [-0.3, -0.25) is 0 Å². The number of hydrogen-bond acceptors (Lipinski definition) is 2. The van der Waals surface area contributed by atoms with Gasteiger partial charge in [-0.05, 0) is 24.2 Å². The second-order valence-corrected chi connectivity index (χ2v) is 5.44. The van der Waals surface area contributed by atoms with E-state index in [1.165, 1.54) is 0 Å². The summed E-state index contributed by atoms with van der Waals surface area (Å²) in [7, 11) is 0. The second-order valence-electron chi connectivity index (χ2n) is 5.44. The van der Waals surface area contributed by atoms with Gasteiger partial charge < -0.3 is 10.2 Å². The molecule has 2 N–H and O–H groups in total. The fourth-order valence-electron chi connectivity index (χ4n) is 1.46. The van der Waals surface area contributed by atoms with Crippen LogP contribution in [0.3, 0.4) is 0 Å². The summed E-state index contributed by atoms with van der Waals surface area (Å²) >= 11 is 0. The fourth-order valence-corrected chi connectivity index (χ4v) is 1.46. The first-order valence-corrected chi connectivity index (χ1v) is 5.67. The molecule has 2 atom stereocenters. The smallest absolute Gasteiger partial charge is 0.0591 e. The molecule has 0 amide bonds. The molecule has 0 aromatic carbocycles. The van der Waals surface area contributed by atoms with E-state index in [2.05, 4.69) is 27.7 Å². The maximum atomic E-state index is 9.86. The zero-order valence-corrected chi connectivity index (χ0v) is 10.1. The van der Waals surface area contributed by atoms with Crippen LogP contribution in [0.15, 0.2) is 0 Å². The van der Waals surface area contributed by atoms with Gasteiger partial charge in [0, 0.05) is 6.61 Å². The number of aliphatic hydroxyl groups is 2. The molecule has 0 spiro atoms. The molecule has 0 aromatic heterocycles. The minimum Gasteiger partial charge on any atom is -0.396 e. The van der Waals surface area contributed by atoms with Crippen LogP contribution in [0.25, 0.3) is 0 Å². The third-order valence-corrected chi connectivity index (χ3v) is 2.73. The first-order chi connectivity index (χ1) is 6.38. The van der Waals surface area contributed by atoms with Crippen molar-refractivity contribution in [2.24, 2.45) is 11.3 Å². The van der Waals surface area contributed by atoms with Crippen molar-refractivity contribution in [1.82, 2.24) is 0 Å². The van der Waals surface area contributed by atoms with Gasteiger partial charge in [0.05, 0.1) is 6.10 Å². The highest BCUT2D eigenvalue weighted by Gasteiger charge is 2.23. The number of unbranched alkanes of at least 4 members (excludes halogenated alkanes) is 1. The average Bonchev–Trinajstić information content (AvgIpc) is 2.03. The highest BCUT2D eigenvalue weighted by Crippen LogP contribution is 2.26. The van der Waals surface area contributed by atoms with E-state index in [1.54, 1.807) is 0 Å². The van der Waals surface area contributed by atoms with E-state index in [4.69, 9.17) is 5.11 Å². The highest BCUT2D eigenvalue weighted by atomic mass is 16.3. The Morgan fingerprint density at radius 2 is 1.71 bits per heavy atom. The number of rotatable bonds is 6. The molecular weight excluding hydrogens is 176 g/mol. The Kier molecular flexibility index (Phi) is 6.38. The molecule has 0 bridgehead atoms. The molecule has 2 nitrogen and oxygen atoms in total. The molecule has 14 heavy (non-hydrogen) atoms. The van der Waals surface area contributed by atoms with Crippen LogP contribution in [-0.2, 0) is 0 Å². The van der Waals surface area contributed by atoms with Gasteiger partial charge in [0.1, 0.15) is 0 Å². The van der Waals surface area contributed by atoms with Gasteiger partial charge in [-0.25, -0.2) is 0 Å². The van der Waals surface area contributed by atoms with Gasteiger partial charge in [0.2, 0.25) is 0 Å². The molecular formula is C12H26O2. The van der Waals surface area contributed by atoms with E-state index in [0.717, 1.165) is 25.7 Å². The molecule has 0 fully saturated rings. The molecule has 0 aromatic rings. The minimum absolute atomic E-state index is 0.00869. The maximum Gasteiger partial charge on any atom is 0.0591 e. The molecule has 0 rings (SSSR count). The Bertz CT molecular complexity index is 138. The molecule has 0 heterocycles. The molecule has 0 aliphatic rings. The molecule has 0 saturated heterocycles. The lowest BCUT2D eigenvalue weighted by Crippen LogP contribution is -2.27. The molecule has 2 heteroatoms. The second kappa shape index (κ2) is 6.41. The normalized spacial score (nSPS) is 16.7. The van der Waals surface area contributed by atoms with Crippen molar-refractivity contribution in [3.63, 3.8) is 0 Å². The van der Waals surface area contributed by atoms with Crippen LogP contribution in [-0.4, -0.2) is 22.9 Å². The molecule has 0 radical (unpaired) electrons. The summed E-state index contributed by atoms with van der Waals surface area (Å²) in [6.07, 6.45) is 3.71. The zero-order chi connectivity index (χ0) is 11.2. The van der Waals surface area contributed by atoms with Crippen molar-refractivity contribution in [1.29, 1.82) is 0 Å². The quantitative estimate of drug-likeness (QED) is 0.650. The summed E-state index contributed by atoms with van der Waals surface area (Å²) in [4.78, 5) is 0. The topological polar surface area (TPSA) is 40.5 Å². The summed E-state index contributed by atoms with van der Waals surface area (Å²) in [6.45, 7) is 8.66. The van der Waals surface area contributed by atoms with Crippen LogP contribution in [0.2, 0.25) is 0 Å². The lowest BCUT2D eigenvalue weighted by atomic mass is 9.83. The van der Waals surface area contributed by atoms with Gasteiger partial charge in [0.25, 0.3) is 0 Å². The Morgan fingerprint density at radius 3 is 2.14 bits per heavy atom. The molecule has 0 saturated carbocycles. The van der Waals surface area contributed by atoms with Crippen LogP contribution in [0.4, 0.5) is 0 Å². The highest BCUT2D eigenvalue weighted by molar-refractivity contribution is 4.74. The summed E-state index contributed by atoms with van der Waals surface area (Å²) in [5.74, 6) is 0.552. The Hall–Kier alpha value is -0.0800. The predicted octanol–water partition coefficient (Wildman–Crippen LogP) is 2.58. The molecule has 86 valence electrons. The van der Waals surface area contributed by atoms with Crippen molar-refractivity contribution in [3.05, 3.63) is 0 Å². The Morgan fingerprint density at radius 1 is 1.14 bits per heavy atom. The first kappa shape index (κ1) is 13.9. The van der Waals surface area contributed by atoms with E-state index >= 15 is 0 Å². The van der Waals surface area contributed by atoms with Crippen molar-refractivity contribution in [3.8, 4) is 0 Å². The lowest BCUT2D eigenvalue weighted by molar-refractivity contribution is 0.0417. The fraction of sp³-hybridized carbons (Fsp3) is 1.00. The number of aliphatic hydroxyl groups excluding tert-OH is 2. The zero-order valence-electron chi connectivity index (χ0n) is 10.1. The Labute approximate surface area is 88.3 Å². The third kappa shape index (κ3) is 6.39. The standard InChI is InChI=1S/C12H26O2/c1-10(7-5-6-8-13)9-11(14)12(2,3)4/h10-11,13-14H,5-9H2,1-4H3/t10-,11-/m0/s1. The van der Waals surface area contributed by atoms with Crippen LogP contribution >= 0.6 is 0 Å². The lowest BCUT2D eigenvalue weighted by Gasteiger charge is -2.28. The number of hydrogen-bond donors (Lipinski definition) is 2. The predicted molar refractivity (Wildman–Crippen MR) is 60.2 cm³/mol. The van der Waals surface area contributed by atoms with Crippen molar-refractivity contribution in [2.45, 2.75) is 59.5 Å².